The maximum absolute atomic E-state index is 12.9. The van der Waals surface area contributed by atoms with E-state index in [9.17, 15) is 23.5 Å². The Bertz CT molecular complexity index is 829. The third-order valence-corrected chi connectivity index (χ3v) is 4.80. The summed E-state index contributed by atoms with van der Waals surface area (Å²) >= 11 is 5.90. The maximum atomic E-state index is 12.9. The van der Waals surface area contributed by atoms with E-state index < -0.39 is 17.7 Å². The molecule has 0 amide bonds. The SMILES string of the molecule is N#Cc1c(NCC2(O)CCCC(C(F)(F)F)C2)nc2cc(Cl)ccn12. The predicted octanol–water partition coefficient (Wildman–Crippen LogP) is 3.75. The first-order valence-corrected chi connectivity index (χ1v) is 8.20. The average Bonchev–Trinajstić information content (AvgIpc) is 2.89. The molecule has 0 aliphatic heterocycles. The molecule has 3 rings (SSSR count). The fourth-order valence-corrected chi connectivity index (χ4v) is 3.43. The van der Waals surface area contributed by atoms with Gasteiger partial charge in [-0.25, -0.2) is 4.98 Å². The number of hydrogen-bond acceptors (Lipinski definition) is 4. The lowest BCUT2D eigenvalue weighted by Crippen LogP contribution is -2.45. The first-order chi connectivity index (χ1) is 11.7. The predicted molar refractivity (Wildman–Crippen MR) is 86.4 cm³/mol. The molecule has 1 saturated carbocycles. The maximum Gasteiger partial charge on any atom is 0.391 e. The van der Waals surface area contributed by atoms with E-state index in [2.05, 4.69) is 10.3 Å². The fourth-order valence-electron chi connectivity index (χ4n) is 3.28. The van der Waals surface area contributed by atoms with Crippen LogP contribution in [0.25, 0.3) is 5.65 Å². The van der Waals surface area contributed by atoms with Gasteiger partial charge in [0.2, 0.25) is 0 Å². The van der Waals surface area contributed by atoms with E-state index in [1.54, 1.807) is 18.3 Å². The number of alkyl halides is 3. The van der Waals surface area contributed by atoms with E-state index in [-0.39, 0.29) is 37.3 Å². The molecule has 0 aromatic carbocycles. The minimum absolute atomic E-state index is 0.0299. The lowest BCUT2D eigenvalue weighted by Gasteiger charge is -2.37. The van der Waals surface area contributed by atoms with Gasteiger partial charge in [-0.2, -0.15) is 18.4 Å². The standard InChI is InChI=1S/C16H16ClF3N4O/c17-11-3-5-24-12(8-21)14(23-13(24)6-11)22-9-15(25)4-1-2-10(7-15)16(18,19)20/h3,5-6,10,22,25H,1-2,4,7,9H2. The molecule has 0 spiro atoms. The Kier molecular flexibility index (Phi) is 4.56. The monoisotopic (exact) mass is 372 g/mol. The van der Waals surface area contributed by atoms with Crippen LogP contribution < -0.4 is 5.32 Å². The van der Waals surface area contributed by atoms with E-state index in [0.29, 0.717) is 17.1 Å². The number of rotatable bonds is 3. The number of hydrogen-bond donors (Lipinski definition) is 2. The number of nitriles is 1. The zero-order valence-electron chi connectivity index (χ0n) is 13.1. The van der Waals surface area contributed by atoms with Crippen molar-refractivity contribution in [1.29, 1.82) is 5.26 Å². The lowest BCUT2D eigenvalue weighted by atomic mass is 9.77. The van der Waals surface area contributed by atoms with Crippen molar-refractivity contribution in [2.75, 3.05) is 11.9 Å². The highest BCUT2D eigenvalue weighted by Gasteiger charge is 2.46. The van der Waals surface area contributed by atoms with Crippen LogP contribution in [0.1, 0.15) is 31.4 Å². The van der Waals surface area contributed by atoms with E-state index in [1.807, 2.05) is 6.07 Å². The highest BCUT2D eigenvalue weighted by Crippen LogP contribution is 2.41. The van der Waals surface area contributed by atoms with Gasteiger partial charge >= 0.3 is 6.18 Å². The number of nitrogens with zero attached hydrogens (tertiary/aromatic N) is 3. The summed E-state index contributed by atoms with van der Waals surface area (Å²) < 4.78 is 40.3. The molecule has 2 aromatic heterocycles. The molecule has 2 unspecified atom stereocenters. The van der Waals surface area contributed by atoms with Crippen molar-refractivity contribution in [3.05, 3.63) is 29.0 Å². The number of halogens is 4. The molecule has 1 fully saturated rings. The first kappa shape index (κ1) is 17.8. The highest BCUT2D eigenvalue weighted by molar-refractivity contribution is 6.30. The van der Waals surface area contributed by atoms with Crippen molar-refractivity contribution in [3.63, 3.8) is 0 Å². The van der Waals surface area contributed by atoms with Gasteiger partial charge in [-0.05, 0) is 31.7 Å². The summed E-state index contributed by atoms with van der Waals surface area (Å²) in [7, 11) is 0. The number of fused-ring (bicyclic) bond motifs is 1. The Labute approximate surface area is 147 Å². The molecule has 2 aromatic rings. The van der Waals surface area contributed by atoms with Gasteiger partial charge < -0.3 is 10.4 Å². The number of aromatic nitrogens is 2. The molecular weight excluding hydrogens is 357 g/mol. The largest absolute Gasteiger partial charge is 0.391 e. The van der Waals surface area contributed by atoms with Gasteiger partial charge in [0.1, 0.15) is 11.7 Å². The third-order valence-electron chi connectivity index (χ3n) is 4.56. The lowest BCUT2D eigenvalue weighted by molar-refractivity contribution is -0.199. The summed E-state index contributed by atoms with van der Waals surface area (Å²) in [6.45, 7) is -0.105. The molecule has 9 heteroatoms. The Hall–Kier alpha value is -1.98. The molecule has 0 bridgehead atoms. The minimum atomic E-state index is -4.31. The van der Waals surface area contributed by atoms with Crippen LogP contribution in [0.15, 0.2) is 18.3 Å². The van der Waals surface area contributed by atoms with Gasteiger partial charge in [0.15, 0.2) is 11.5 Å². The van der Waals surface area contributed by atoms with Crippen LogP contribution in [0.5, 0.6) is 0 Å². The zero-order valence-corrected chi connectivity index (χ0v) is 13.9. The molecule has 1 aliphatic rings. The average molecular weight is 373 g/mol. The molecule has 25 heavy (non-hydrogen) atoms. The van der Waals surface area contributed by atoms with Gasteiger partial charge in [0.25, 0.3) is 0 Å². The number of imidazole rings is 1. The highest BCUT2D eigenvalue weighted by atomic mass is 35.5. The second-order valence-electron chi connectivity index (χ2n) is 6.41. The van der Waals surface area contributed by atoms with Crippen LogP contribution in [0.4, 0.5) is 19.0 Å². The van der Waals surface area contributed by atoms with E-state index in [1.165, 1.54) is 4.40 Å². The summed E-state index contributed by atoms with van der Waals surface area (Å²) in [5.41, 5.74) is -0.840. The van der Waals surface area contributed by atoms with E-state index in [0.717, 1.165) is 0 Å². The molecule has 134 valence electrons. The second-order valence-corrected chi connectivity index (χ2v) is 6.84. The van der Waals surface area contributed by atoms with Gasteiger partial charge in [0, 0.05) is 23.8 Å². The molecule has 2 heterocycles. The van der Waals surface area contributed by atoms with Crippen molar-refractivity contribution in [1.82, 2.24) is 9.38 Å². The third kappa shape index (κ3) is 3.67. The van der Waals surface area contributed by atoms with Crippen LogP contribution in [-0.2, 0) is 0 Å². The quantitative estimate of drug-likeness (QED) is 0.860. The van der Waals surface area contributed by atoms with E-state index in [4.69, 9.17) is 11.6 Å². The van der Waals surface area contributed by atoms with Crippen molar-refractivity contribution < 1.29 is 18.3 Å². The molecular formula is C16H16ClF3N4O. The smallest absolute Gasteiger partial charge is 0.388 e. The fraction of sp³-hybridized carbons (Fsp3) is 0.500. The minimum Gasteiger partial charge on any atom is -0.388 e. The summed E-state index contributed by atoms with van der Waals surface area (Å²) in [6.07, 6.45) is -2.48. The molecule has 2 N–H and O–H groups in total. The van der Waals surface area contributed by atoms with Gasteiger partial charge in [-0.3, -0.25) is 4.40 Å². The van der Waals surface area contributed by atoms with Crippen molar-refractivity contribution in [2.45, 2.75) is 37.5 Å². The summed E-state index contributed by atoms with van der Waals surface area (Å²) in [4.78, 5) is 4.24. The van der Waals surface area contributed by atoms with E-state index >= 15 is 0 Å². The van der Waals surface area contributed by atoms with Gasteiger partial charge in [-0.1, -0.05) is 11.6 Å². The Morgan fingerprint density at radius 3 is 2.96 bits per heavy atom. The Balaban J connectivity index is 1.79. The first-order valence-electron chi connectivity index (χ1n) is 7.82. The van der Waals surface area contributed by atoms with Crippen molar-refractivity contribution >= 4 is 23.1 Å². The summed E-state index contributed by atoms with van der Waals surface area (Å²) in [5.74, 6) is -1.30. The molecule has 1 aliphatic carbocycles. The van der Waals surface area contributed by atoms with Crippen molar-refractivity contribution in [2.24, 2.45) is 5.92 Å². The van der Waals surface area contributed by atoms with Gasteiger partial charge in [-0.15, -0.1) is 0 Å². The Morgan fingerprint density at radius 2 is 2.28 bits per heavy atom. The second kappa shape index (κ2) is 6.39. The molecule has 5 nitrogen and oxygen atoms in total. The van der Waals surface area contributed by atoms with Crippen LogP contribution >= 0.6 is 11.6 Å². The van der Waals surface area contributed by atoms with Crippen LogP contribution in [-0.4, -0.2) is 32.8 Å². The topological polar surface area (TPSA) is 73.3 Å². The summed E-state index contributed by atoms with van der Waals surface area (Å²) in [5, 5.41) is 23.2. The van der Waals surface area contributed by atoms with Crippen LogP contribution in [0.3, 0.4) is 0 Å². The number of anilines is 1. The number of nitrogens with one attached hydrogen (secondary N) is 1. The van der Waals surface area contributed by atoms with Gasteiger partial charge in [0.05, 0.1) is 11.5 Å². The number of pyridine rings is 1. The van der Waals surface area contributed by atoms with Crippen molar-refractivity contribution in [3.8, 4) is 6.07 Å². The Morgan fingerprint density at radius 1 is 1.52 bits per heavy atom. The normalized spacial score (nSPS) is 24.2. The summed E-state index contributed by atoms with van der Waals surface area (Å²) in [6, 6.07) is 5.18. The van der Waals surface area contributed by atoms with Crippen LogP contribution in [0.2, 0.25) is 5.02 Å². The van der Waals surface area contributed by atoms with Crippen LogP contribution in [0, 0.1) is 17.2 Å². The zero-order chi connectivity index (χ0) is 18.2. The molecule has 0 radical (unpaired) electrons. The number of aliphatic hydroxyl groups is 1. The molecule has 2 atom stereocenters. The molecule has 0 saturated heterocycles.